The van der Waals surface area contributed by atoms with Crippen molar-refractivity contribution in [1.29, 1.82) is 0 Å². The van der Waals surface area contributed by atoms with Crippen molar-refractivity contribution in [2.24, 2.45) is 0 Å². The summed E-state index contributed by atoms with van der Waals surface area (Å²) in [4.78, 5) is 30.8. The number of anilines is 2. The van der Waals surface area contributed by atoms with E-state index in [0.29, 0.717) is 11.6 Å². The van der Waals surface area contributed by atoms with Crippen molar-refractivity contribution < 1.29 is 13.9 Å². The van der Waals surface area contributed by atoms with Crippen molar-refractivity contribution in [2.75, 3.05) is 43.4 Å². The van der Waals surface area contributed by atoms with E-state index in [2.05, 4.69) is 38.2 Å². The van der Waals surface area contributed by atoms with Crippen molar-refractivity contribution in [3.05, 3.63) is 42.5 Å². The maximum atomic E-state index is 14.2. The van der Waals surface area contributed by atoms with E-state index in [-0.39, 0.29) is 25.0 Å². The molecule has 1 saturated carbocycles. The molecule has 2 atom stereocenters. The minimum absolute atomic E-state index is 0.194. The molecule has 0 radical (unpaired) electrons. The van der Waals surface area contributed by atoms with E-state index in [9.17, 15) is 9.18 Å². The molecule has 1 aliphatic carbocycles. The number of likely N-dealkylation sites (N-methyl/N-ethyl adjacent to an activating group) is 1. The Morgan fingerprint density at radius 2 is 1.92 bits per heavy atom. The van der Waals surface area contributed by atoms with Crippen LogP contribution in [0.25, 0.3) is 27.8 Å². The first-order valence-corrected chi connectivity index (χ1v) is 13.1. The van der Waals surface area contributed by atoms with Crippen LogP contribution in [0, 0.1) is 0 Å². The van der Waals surface area contributed by atoms with Gasteiger partial charge in [-0.05, 0) is 44.5 Å². The zero-order valence-electron chi connectivity index (χ0n) is 21.4. The van der Waals surface area contributed by atoms with Gasteiger partial charge in [-0.3, -0.25) is 9.78 Å². The molecule has 2 aliphatic heterocycles. The molecule has 4 aromatic heterocycles. The van der Waals surface area contributed by atoms with Gasteiger partial charge in [-0.1, -0.05) is 6.92 Å². The molecule has 11 heteroatoms. The van der Waals surface area contributed by atoms with Gasteiger partial charge in [-0.2, -0.15) is 0 Å². The van der Waals surface area contributed by atoms with Crippen LogP contribution in [0.5, 0.6) is 0 Å². The van der Waals surface area contributed by atoms with E-state index in [1.807, 2.05) is 19.2 Å². The number of amides is 1. The van der Waals surface area contributed by atoms with Gasteiger partial charge in [-0.25, -0.2) is 18.9 Å². The lowest BCUT2D eigenvalue weighted by Crippen LogP contribution is -2.58. The van der Waals surface area contributed by atoms with Crippen molar-refractivity contribution in [3.63, 3.8) is 0 Å². The molecule has 7 rings (SSSR count). The van der Waals surface area contributed by atoms with Crippen LogP contribution in [0.2, 0.25) is 0 Å². The SMILES string of the molecule is CCc1ncc(-c2nc3ccc(N4CC5CN(C)CC(C4)O5)cn3n2)c2cc(NC(=O)C3(F)CC3)ncc12. The number of pyridine rings is 3. The topological polar surface area (TPSA) is 101 Å². The molecule has 2 unspecified atom stereocenters. The molecule has 10 nitrogen and oxygen atoms in total. The van der Waals surface area contributed by atoms with Crippen LogP contribution < -0.4 is 10.2 Å². The Labute approximate surface area is 218 Å². The predicted molar refractivity (Wildman–Crippen MR) is 141 cm³/mol. The smallest absolute Gasteiger partial charge is 0.263 e. The fourth-order valence-electron chi connectivity index (χ4n) is 5.56. The van der Waals surface area contributed by atoms with Crippen molar-refractivity contribution >= 4 is 33.8 Å². The van der Waals surface area contributed by atoms with E-state index in [1.165, 1.54) is 0 Å². The van der Waals surface area contributed by atoms with Crippen molar-refractivity contribution in [3.8, 4) is 11.4 Å². The third-order valence-corrected chi connectivity index (χ3v) is 7.71. The molecule has 0 aromatic carbocycles. The predicted octanol–water partition coefficient (Wildman–Crippen LogP) is 2.86. The van der Waals surface area contributed by atoms with Crippen LogP contribution in [-0.2, 0) is 16.0 Å². The lowest BCUT2D eigenvalue weighted by molar-refractivity contribution is -0.122. The van der Waals surface area contributed by atoms with Gasteiger partial charge in [0.05, 0.1) is 24.1 Å². The molecule has 2 bridgehead atoms. The molecule has 4 aromatic rings. The number of hydrogen-bond acceptors (Lipinski definition) is 8. The highest BCUT2D eigenvalue weighted by Gasteiger charge is 2.51. The van der Waals surface area contributed by atoms with Gasteiger partial charge in [0.25, 0.3) is 5.91 Å². The van der Waals surface area contributed by atoms with Crippen LogP contribution in [0.15, 0.2) is 36.8 Å². The van der Waals surface area contributed by atoms with Gasteiger partial charge in [0.2, 0.25) is 0 Å². The summed E-state index contributed by atoms with van der Waals surface area (Å²) in [5.41, 5.74) is 1.64. The minimum Gasteiger partial charge on any atom is -0.369 e. The average molecular weight is 517 g/mol. The Hall–Kier alpha value is -3.70. The van der Waals surface area contributed by atoms with Crippen molar-refractivity contribution in [1.82, 2.24) is 29.5 Å². The van der Waals surface area contributed by atoms with Crippen LogP contribution in [0.3, 0.4) is 0 Å². The zero-order valence-corrected chi connectivity index (χ0v) is 21.4. The monoisotopic (exact) mass is 516 g/mol. The largest absolute Gasteiger partial charge is 0.369 e. The number of morpholine rings is 2. The fourth-order valence-corrected chi connectivity index (χ4v) is 5.56. The van der Waals surface area contributed by atoms with Crippen LogP contribution in [-0.4, -0.2) is 86.5 Å². The van der Waals surface area contributed by atoms with Gasteiger partial charge in [0.1, 0.15) is 5.82 Å². The highest BCUT2D eigenvalue weighted by Crippen LogP contribution is 2.41. The highest BCUT2D eigenvalue weighted by molar-refractivity contribution is 6.02. The Balaban J connectivity index is 1.24. The summed E-state index contributed by atoms with van der Waals surface area (Å²) < 4.78 is 22.2. The van der Waals surface area contributed by atoms with Gasteiger partial charge in [0, 0.05) is 60.6 Å². The Bertz CT molecular complexity index is 1550. The Morgan fingerprint density at radius 1 is 1.13 bits per heavy atom. The number of carbonyl (C=O) groups is 1. The second-order valence-corrected chi connectivity index (χ2v) is 10.6. The summed E-state index contributed by atoms with van der Waals surface area (Å²) in [6, 6.07) is 5.82. The first-order chi connectivity index (χ1) is 18.4. The fraction of sp³-hybridized carbons (Fsp3) is 0.444. The van der Waals surface area contributed by atoms with E-state index in [1.54, 1.807) is 23.0 Å². The summed E-state index contributed by atoms with van der Waals surface area (Å²) in [7, 11) is 2.14. The van der Waals surface area contributed by atoms with E-state index in [4.69, 9.17) is 14.8 Å². The standard InChI is InChI=1S/C27H29FN8O2/c1-3-22-20-9-30-23(31-26(37)27(28)6-7-27)8-19(20)21(10-29-22)25-32-24-5-4-16(11-36(24)33-25)35-14-17-12-34(2)13-18(15-35)38-17/h4-5,8-11,17-18H,3,6-7,12-15H2,1-2H3,(H,30,31,37). The lowest BCUT2D eigenvalue weighted by Gasteiger charge is -2.45. The Kier molecular flexibility index (Phi) is 5.34. The maximum Gasteiger partial charge on any atom is 0.263 e. The van der Waals surface area contributed by atoms with Gasteiger partial charge >= 0.3 is 0 Å². The lowest BCUT2D eigenvalue weighted by atomic mass is 10.1. The van der Waals surface area contributed by atoms with Crippen LogP contribution >= 0.6 is 0 Å². The number of nitrogens with zero attached hydrogens (tertiary/aromatic N) is 7. The number of rotatable bonds is 5. The van der Waals surface area contributed by atoms with E-state index < -0.39 is 11.6 Å². The Morgan fingerprint density at radius 3 is 2.66 bits per heavy atom. The minimum atomic E-state index is -1.78. The zero-order chi connectivity index (χ0) is 26.0. The van der Waals surface area contributed by atoms with Gasteiger partial charge in [0.15, 0.2) is 17.1 Å². The number of alkyl halides is 1. The van der Waals surface area contributed by atoms with E-state index >= 15 is 0 Å². The summed E-state index contributed by atoms with van der Waals surface area (Å²) in [5.74, 6) is 0.179. The summed E-state index contributed by atoms with van der Waals surface area (Å²) in [5, 5.41) is 9.10. The molecule has 6 heterocycles. The maximum absolute atomic E-state index is 14.2. The third-order valence-electron chi connectivity index (χ3n) is 7.71. The summed E-state index contributed by atoms with van der Waals surface area (Å²) >= 11 is 0. The molecule has 196 valence electrons. The molecule has 1 amide bonds. The number of carbonyl (C=O) groups excluding carboxylic acids is 1. The number of ether oxygens (including phenoxy) is 1. The van der Waals surface area contributed by atoms with Crippen LogP contribution in [0.4, 0.5) is 15.9 Å². The molecule has 3 aliphatic rings. The number of hydrogen-bond donors (Lipinski definition) is 1. The van der Waals surface area contributed by atoms with Gasteiger partial charge in [-0.15, -0.1) is 5.10 Å². The number of fused-ring (bicyclic) bond motifs is 4. The van der Waals surface area contributed by atoms with Crippen LogP contribution in [0.1, 0.15) is 25.5 Å². The van der Waals surface area contributed by atoms with E-state index in [0.717, 1.165) is 66.0 Å². The number of aryl methyl sites for hydroxylation is 1. The molecule has 1 N–H and O–H groups in total. The molecular weight excluding hydrogens is 487 g/mol. The summed E-state index contributed by atoms with van der Waals surface area (Å²) in [6.45, 7) is 5.56. The average Bonchev–Trinajstić information content (AvgIpc) is 3.52. The first kappa shape index (κ1) is 23.4. The molecule has 3 fully saturated rings. The number of nitrogens with one attached hydrogen (secondary N) is 1. The third kappa shape index (κ3) is 4.06. The molecule has 2 saturated heterocycles. The summed E-state index contributed by atoms with van der Waals surface area (Å²) in [6.07, 6.45) is 7.06. The van der Waals surface area contributed by atoms with Gasteiger partial charge < -0.3 is 19.9 Å². The number of halogens is 1. The number of aromatic nitrogens is 5. The second kappa shape index (κ2) is 8.67. The second-order valence-electron chi connectivity index (χ2n) is 10.6. The quantitative estimate of drug-likeness (QED) is 0.432. The van der Waals surface area contributed by atoms with Crippen molar-refractivity contribution in [2.45, 2.75) is 44.1 Å². The molecular formula is C27H29FN8O2. The molecule has 0 spiro atoms. The molecule has 38 heavy (non-hydrogen) atoms. The normalized spacial score (nSPS) is 22.7. The first-order valence-electron chi connectivity index (χ1n) is 13.1. The highest BCUT2D eigenvalue weighted by atomic mass is 19.1.